The average molecular weight is 336 g/mol. The molecule has 8 heteroatoms. The van der Waals surface area contributed by atoms with Crippen molar-refractivity contribution in [3.05, 3.63) is 41.0 Å². The fourth-order valence-electron chi connectivity index (χ4n) is 2.42. The zero-order chi connectivity index (χ0) is 17.2. The van der Waals surface area contributed by atoms with E-state index in [1.807, 2.05) is 13.8 Å². The fraction of sp³-hybridized carbons (Fsp3) is 0.333. The number of sulfonamides is 1. The number of rotatable bonds is 5. The summed E-state index contributed by atoms with van der Waals surface area (Å²) < 4.78 is 42.6. The van der Waals surface area contributed by atoms with Crippen molar-refractivity contribution in [2.75, 3.05) is 4.72 Å². The van der Waals surface area contributed by atoms with Crippen molar-refractivity contribution in [3.63, 3.8) is 0 Å². The molecule has 0 aliphatic heterocycles. The lowest BCUT2D eigenvalue weighted by Crippen LogP contribution is -2.17. The number of hydrogen-bond donors (Lipinski definition) is 1. The first-order valence-corrected chi connectivity index (χ1v) is 8.59. The molecule has 1 heterocycles. The van der Waals surface area contributed by atoms with Crippen LogP contribution in [-0.4, -0.2) is 18.2 Å². The highest BCUT2D eigenvalue weighted by Gasteiger charge is 2.27. The fourth-order valence-corrected chi connectivity index (χ4v) is 4.08. The lowest BCUT2D eigenvalue weighted by Gasteiger charge is -2.11. The molecule has 0 aliphatic rings. The Morgan fingerprint density at radius 2 is 2.04 bits per heavy atom. The van der Waals surface area contributed by atoms with E-state index in [1.54, 1.807) is 17.8 Å². The summed E-state index contributed by atoms with van der Waals surface area (Å²) in [5, 5.41) is 13.3. The van der Waals surface area contributed by atoms with E-state index in [2.05, 4.69) is 9.82 Å². The van der Waals surface area contributed by atoms with Gasteiger partial charge in [0.05, 0.1) is 22.6 Å². The van der Waals surface area contributed by atoms with Crippen LogP contribution in [0.15, 0.2) is 23.1 Å². The molecule has 0 saturated carbocycles. The minimum Gasteiger partial charge on any atom is -0.278 e. The molecule has 1 aromatic heterocycles. The van der Waals surface area contributed by atoms with Gasteiger partial charge in [0, 0.05) is 7.05 Å². The summed E-state index contributed by atoms with van der Waals surface area (Å²) in [6, 6.07) is 5.11. The minimum absolute atomic E-state index is 0.0434. The number of benzene rings is 1. The van der Waals surface area contributed by atoms with Gasteiger partial charge in [0.25, 0.3) is 10.0 Å². The Kier molecular flexibility index (Phi) is 4.71. The van der Waals surface area contributed by atoms with Gasteiger partial charge in [-0.25, -0.2) is 12.8 Å². The summed E-state index contributed by atoms with van der Waals surface area (Å²) in [4.78, 5) is 0.123. The molecule has 122 valence electrons. The van der Waals surface area contributed by atoms with E-state index < -0.39 is 15.8 Å². The minimum atomic E-state index is -3.93. The van der Waals surface area contributed by atoms with Gasteiger partial charge in [-0.15, -0.1) is 0 Å². The number of aryl methyl sites for hydroxylation is 2. The molecule has 2 rings (SSSR count). The highest BCUT2D eigenvalue weighted by molar-refractivity contribution is 7.92. The van der Waals surface area contributed by atoms with E-state index in [0.717, 1.165) is 12.1 Å². The molecule has 0 unspecified atom stereocenters. The van der Waals surface area contributed by atoms with E-state index in [-0.39, 0.29) is 16.1 Å². The Bertz CT molecular complexity index is 882. The first-order valence-electron chi connectivity index (χ1n) is 7.11. The zero-order valence-electron chi connectivity index (χ0n) is 13.1. The average Bonchev–Trinajstić information content (AvgIpc) is 2.85. The molecule has 1 aromatic carbocycles. The Morgan fingerprint density at radius 1 is 1.35 bits per heavy atom. The van der Waals surface area contributed by atoms with Gasteiger partial charge in [0.15, 0.2) is 0 Å². The summed E-state index contributed by atoms with van der Waals surface area (Å²) in [6.45, 7) is 3.66. The first-order chi connectivity index (χ1) is 10.8. The summed E-state index contributed by atoms with van der Waals surface area (Å²) in [5.41, 5.74) is 1.00. The number of halogens is 1. The second kappa shape index (κ2) is 6.38. The molecule has 6 nitrogen and oxygen atoms in total. The first kappa shape index (κ1) is 17.0. The van der Waals surface area contributed by atoms with Gasteiger partial charge < -0.3 is 0 Å². The SMILES string of the molecule is CCc1nn(C)c(CC)c1S(=O)(=O)Nc1ccc(F)cc1C#N. The normalized spacial score (nSPS) is 11.3. The number of aromatic nitrogens is 2. The molecule has 0 amide bonds. The van der Waals surface area contributed by atoms with E-state index in [0.29, 0.717) is 24.2 Å². The molecule has 0 fully saturated rings. The number of hydrogen-bond acceptors (Lipinski definition) is 4. The second-order valence-electron chi connectivity index (χ2n) is 4.96. The van der Waals surface area contributed by atoms with Crippen molar-refractivity contribution >= 4 is 15.7 Å². The van der Waals surface area contributed by atoms with Crippen molar-refractivity contribution in [1.82, 2.24) is 9.78 Å². The summed E-state index contributed by atoms with van der Waals surface area (Å²) in [5.74, 6) is -0.602. The molecule has 2 aromatic rings. The van der Waals surface area contributed by atoms with E-state index in [1.165, 1.54) is 6.07 Å². The zero-order valence-corrected chi connectivity index (χ0v) is 13.9. The third-order valence-corrected chi connectivity index (χ3v) is 4.97. The lowest BCUT2D eigenvalue weighted by atomic mass is 10.2. The van der Waals surface area contributed by atoms with Crippen LogP contribution in [0.5, 0.6) is 0 Å². The van der Waals surface area contributed by atoms with Gasteiger partial charge in [-0.05, 0) is 31.0 Å². The third kappa shape index (κ3) is 3.19. The van der Waals surface area contributed by atoms with Crippen LogP contribution in [0.4, 0.5) is 10.1 Å². The Morgan fingerprint density at radius 3 is 2.61 bits per heavy atom. The van der Waals surface area contributed by atoms with Crippen molar-refractivity contribution in [2.45, 2.75) is 31.6 Å². The van der Waals surface area contributed by atoms with Crippen molar-refractivity contribution in [2.24, 2.45) is 7.05 Å². The van der Waals surface area contributed by atoms with Crippen molar-refractivity contribution in [3.8, 4) is 6.07 Å². The number of nitrogens with zero attached hydrogens (tertiary/aromatic N) is 3. The number of nitrogens with one attached hydrogen (secondary N) is 1. The van der Waals surface area contributed by atoms with Gasteiger partial charge in [-0.1, -0.05) is 13.8 Å². The molecule has 0 spiro atoms. The van der Waals surface area contributed by atoms with Crippen LogP contribution >= 0.6 is 0 Å². The molecule has 0 atom stereocenters. The number of nitriles is 1. The molecule has 23 heavy (non-hydrogen) atoms. The Labute approximate surface area is 134 Å². The highest BCUT2D eigenvalue weighted by atomic mass is 32.2. The van der Waals surface area contributed by atoms with Gasteiger partial charge in [0.1, 0.15) is 16.8 Å². The van der Waals surface area contributed by atoms with Crippen LogP contribution in [0, 0.1) is 17.1 Å². The third-order valence-electron chi connectivity index (χ3n) is 3.47. The Balaban J connectivity index is 2.55. The summed E-state index contributed by atoms with van der Waals surface area (Å²) in [7, 11) is -2.24. The van der Waals surface area contributed by atoms with Gasteiger partial charge >= 0.3 is 0 Å². The molecule has 0 aliphatic carbocycles. The summed E-state index contributed by atoms with van der Waals surface area (Å²) >= 11 is 0. The van der Waals surface area contributed by atoms with E-state index in [4.69, 9.17) is 5.26 Å². The molecular formula is C15H17FN4O2S. The van der Waals surface area contributed by atoms with Gasteiger partial charge in [-0.2, -0.15) is 10.4 Å². The van der Waals surface area contributed by atoms with Crippen LogP contribution in [0.2, 0.25) is 0 Å². The maximum atomic E-state index is 13.2. The van der Waals surface area contributed by atoms with E-state index in [9.17, 15) is 12.8 Å². The van der Waals surface area contributed by atoms with Crippen LogP contribution < -0.4 is 4.72 Å². The molecule has 0 radical (unpaired) electrons. The molecule has 1 N–H and O–H groups in total. The quantitative estimate of drug-likeness (QED) is 0.908. The van der Waals surface area contributed by atoms with Crippen LogP contribution in [-0.2, 0) is 29.9 Å². The lowest BCUT2D eigenvalue weighted by molar-refractivity contribution is 0.598. The van der Waals surface area contributed by atoms with E-state index >= 15 is 0 Å². The topological polar surface area (TPSA) is 87.8 Å². The van der Waals surface area contributed by atoms with Crippen molar-refractivity contribution in [1.29, 1.82) is 5.26 Å². The predicted octanol–water partition coefficient (Wildman–Crippen LogP) is 2.36. The predicted molar refractivity (Wildman–Crippen MR) is 83.9 cm³/mol. The van der Waals surface area contributed by atoms with Gasteiger partial charge in [0.2, 0.25) is 0 Å². The standard InChI is InChI=1S/C15H17FN4O2S/c1-4-12-15(14(5-2)20(3)18-12)23(21,22)19-13-7-6-11(16)8-10(13)9-17/h6-8,19H,4-5H2,1-3H3. The Hall–Kier alpha value is -2.40. The summed E-state index contributed by atoms with van der Waals surface area (Å²) in [6.07, 6.45) is 0.951. The van der Waals surface area contributed by atoms with Crippen LogP contribution in [0.1, 0.15) is 30.8 Å². The van der Waals surface area contributed by atoms with Gasteiger partial charge in [-0.3, -0.25) is 9.40 Å². The smallest absolute Gasteiger partial charge is 0.265 e. The largest absolute Gasteiger partial charge is 0.278 e. The van der Waals surface area contributed by atoms with Crippen LogP contribution in [0.3, 0.4) is 0 Å². The maximum absolute atomic E-state index is 13.2. The molecule has 0 saturated heterocycles. The second-order valence-corrected chi connectivity index (χ2v) is 6.58. The van der Waals surface area contributed by atoms with Crippen LogP contribution in [0.25, 0.3) is 0 Å². The molecular weight excluding hydrogens is 319 g/mol. The highest BCUT2D eigenvalue weighted by Crippen LogP contribution is 2.26. The number of anilines is 1. The molecule has 0 bridgehead atoms. The monoisotopic (exact) mass is 336 g/mol. The van der Waals surface area contributed by atoms with Crippen molar-refractivity contribution < 1.29 is 12.8 Å². The maximum Gasteiger partial charge on any atom is 0.265 e.